The third-order valence-electron chi connectivity index (χ3n) is 3.42. The number of benzene rings is 1. The Hall–Kier alpha value is -1.32. The molecule has 2 aromatic rings. The van der Waals surface area contributed by atoms with E-state index >= 15 is 0 Å². The fourth-order valence-electron chi connectivity index (χ4n) is 2.00. The van der Waals surface area contributed by atoms with Crippen LogP contribution in [0, 0.1) is 13.8 Å². The first-order valence-corrected chi connectivity index (χ1v) is 7.35. The predicted molar refractivity (Wildman–Crippen MR) is 82.0 cm³/mol. The van der Waals surface area contributed by atoms with Gasteiger partial charge in [-0.3, -0.25) is 0 Å². The summed E-state index contributed by atoms with van der Waals surface area (Å²) < 4.78 is 5.18. The molecule has 0 aliphatic heterocycles. The molecule has 1 unspecified atom stereocenters. The lowest BCUT2D eigenvalue weighted by Gasteiger charge is -2.14. The Morgan fingerprint density at radius 1 is 1.21 bits per heavy atom. The highest BCUT2D eigenvalue weighted by atomic mass is 32.1. The zero-order valence-electron chi connectivity index (χ0n) is 12.0. The Bertz CT molecular complexity index is 511. The van der Waals surface area contributed by atoms with Crippen molar-refractivity contribution in [2.24, 2.45) is 0 Å². The van der Waals surface area contributed by atoms with Crippen LogP contribution < -0.4 is 10.1 Å². The van der Waals surface area contributed by atoms with E-state index in [4.69, 9.17) is 4.74 Å². The Morgan fingerprint density at radius 3 is 2.42 bits per heavy atom. The third kappa shape index (κ3) is 3.58. The molecule has 0 amide bonds. The summed E-state index contributed by atoms with van der Waals surface area (Å²) in [7, 11) is 1.69. The van der Waals surface area contributed by atoms with Crippen molar-refractivity contribution in [3.8, 4) is 5.75 Å². The maximum Gasteiger partial charge on any atom is 0.118 e. The molecular formula is C16H21NOS. The van der Waals surface area contributed by atoms with E-state index < -0.39 is 0 Å². The van der Waals surface area contributed by atoms with E-state index in [1.807, 2.05) is 23.5 Å². The van der Waals surface area contributed by atoms with Gasteiger partial charge in [-0.1, -0.05) is 12.1 Å². The summed E-state index contributed by atoms with van der Waals surface area (Å²) in [5.74, 6) is 0.903. The van der Waals surface area contributed by atoms with Crippen LogP contribution in [0.15, 0.2) is 30.3 Å². The van der Waals surface area contributed by atoms with Gasteiger partial charge in [-0.15, -0.1) is 11.3 Å². The monoisotopic (exact) mass is 275 g/mol. The van der Waals surface area contributed by atoms with Crippen LogP contribution in [-0.2, 0) is 6.54 Å². The van der Waals surface area contributed by atoms with Crippen LogP contribution in [0.3, 0.4) is 0 Å². The van der Waals surface area contributed by atoms with Crippen molar-refractivity contribution in [3.63, 3.8) is 0 Å². The smallest absolute Gasteiger partial charge is 0.118 e. The van der Waals surface area contributed by atoms with Crippen molar-refractivity contribution in [3.05, 3.63) is 51.2 Å². The minimum absolute atomic E-state index is 0.341. The molecule has 2 rings (SSSR count). The van der Waals surface area contributed by atoms with Crippen molar-refractivity contribution in [2.45, 2.75) is 33.4 Å². The molecule has 1 N–H and O–H groups in total. The van der Waals surface area contributed by atoms with E-state index in [1.165, 1.54) is 20.9 Å². The molecule has 1 aromatic carbocycles. The van der Waals surface area contributed by atoms with Crippen molar-refractivity contribution in [1.82, 2.24) is 5.32 Å². The molecule has 0 aliphatic carbocycles. The van der Waals surface area contributed by atoms with Gasteiger partial charge >= 0.3 is 0 Å². The van der Waals surface area contributed by atoms with Gasteiger partial charge in [-0.05, 0) is 50.1 Å². The van der Waals surface area contributed by atoms with Crippen LogP contribution in [0.1, 0.15) is 33.8 Å². The Morgan fingerprint density at radius 2 is 1.89 bits per heavy atom. The van der Waals surface area contributed by atoms with Gasteiger partial charge in [0.2, 0.25) is 0 Å². The second-order valence-corrected chi connectivity index (χ2v) is 6.17. The highest BCUT2D eigenvalue weighted by molar-refractivity contribution is 7.12. The summed E-state index contributed by atoms with van der Waals surface area (Å²) in [6.45, 7) is 7.46. The van der Waals surface area contributed by atoms with Gasteiger partial charge in [-0.2, -0.15) is 0 Å². The van der Waals surface area contributed by atoms with Crippen LogP contribution >= 0.6 is 11.3 Å². The van der Waals surface area contributed by atoms with E-state index in [0.717, 1.165) is 12.3 Å². The molecule has 0 fully saturated rings. The predicted octanol–water partition coefficient (Wildman–Crippen LogP) is 4.22. The zero-order valence-corrected chi connectivity index (χ0v) is 12.8. The Balaban J connectivity index is 1.94. The quantitative estimate of drug-likeness (QED) is 0.882. The van der Waals surface area contributed by atoms with Gasteiger partial charge in [0.1, 0.15) is 5.75 Å². The lowest BCUT2D eigenvalue weighted by atomic mass is 10.1. The number of thiophene rings is 1. The number of hydrogen-bond donors (Lipinski definition) is 1. The minimum atomic E-state index is 0.341. The topological polar surface area (TPSA) is 21.3 Å². The molecule has 0 saturated heterocycles. The van der Waals surface area contributed by atoms with E-state index in [1.54, 1.807) is 7.11 Å². The lowest BCUT2D eigenvalue weighted by Crippen LogP contribution is -2.17. The standard InChI is InChI=1S/C16H21NOS/c1-11-9-16(19-13(11)3)10-17-12(2)14-5-7-15(18-4)8-6-14/h5-9,12,17H,10H2,1-4H3. The Kier molecular flexibility index (Phi) is 4.61. The molecule has 1 heterocycles. The summed E-state index contributed by atoms with van der Waals surface area (Å²) >= 11 is 1.88. The molecule has 0 radical (unpaired) electrons. The number of nitrogens with one attached hydrogen (secondary N) is 1. The fraction of sp³-hybridized carbons (Fsp3) is 0.375. The average molecular weight is 275 g/mol. The summed E-state index contributed by atoms with van der Waals surface area (Å²) in [6.07, 6.45) is 0. The van der Waals surface area contributed by atoms with Crippen LogP contribution in [0.5, 0.6) is 5.75 Å². The number of rotatable bonds is 5. The van der Waals surface area contributed by atoms with Crippen molar-refractivity contribution >= 4 is 11.3 Å². The van der Waals surface area contributed by atoms with Gasteiger partial charge in [0.05, 0.1) is 7.11 Å². The van der Waals surface area contributed by atoms with E-state index in [2.05, 4.69) is 44.3 Å². The first kappa shape index (κ1) is 14.1. The van der Waals surface area contributed by atoms with Gasteiger partial charge in [0, 0.05) is 22.3 Å². The molecule has 1 aromatic heterocycles. The number of methoxy groups -OCH3 is 1. The maximum absolute atomic E-state index is 5.18. The maximum atomic E-state index is 5.18. The Labute approximate surface area is 119 Å². The normalized spacial score (nSPS) is 12.4. The first-order valence-electron chi connectivity index (χ1n) is 6.53. The average Bonchev–Trinajstić information content (AvgIpc) is 2.75. The van der Waals surface area contributed by atoms with Crippen LogP contribution in [0.2, 0.25) is 0 Å². The second kappa shape index (κ2) is 6.22. The highest BCUT2D eigenvalue weighted by Gasteiger charge is 2.07. The molecule has 19 heavy (non-hydrogen) atoms. The molecule has 102 valence electrons. The third-order valence-corrected chi connectivity index (χ3v) is 4.57. The van der Waals surface area contributed by atoms with Gasteiger partial charge in [0.15, 0.2) is 0 Å². The molecule has 1 atom stereocenters. The van der Waals surface area contributed by atoms with Gasteiger partial charge in [0.25, 0.3) is 0 Å². The van der Waals surface area contributed by atoms with E-state index in [9.17, 15) is 0 Å². The minimum Gasteiger partial charge on any atom is -0.497 e. The number of ether oxygens (including phenoxy) is 1. The molecular weight excluding hydrogens is 254 g/mol. The van der Waals surface area contributed by atoms with Gasteiger partial charge in [-0.25, -0.2) is 0 Å². The largest absolute Gasteiger partial charge is 0.497 e. The van der Waals surface area contributed by atoms with Crippen molar-refractivity contribution < 1.29 is 4.74 Å². The summed E-state index contributed by atoms with van der Waals surface area (Å²) in [5.41, 5.74) is 2.67. The highest BCUT2D eigenvalue weighted by Crippen LogP contribution is 2.22. The van der Waals surface area contributed by atoms with Crippen molar-refractivity contribution in [1.29, 1.82) is 0 Å². The zero-order chi connectivity index (χ0) is 13.8. The van der Waals surface area contributed by atoms with Crippen molar-refractivity contribution in [2.75, 3.05) is 7.11 Å². The molecule has 0 bridgehead atoms. The second-order valence-electron chi connectivity index (χ2n) is 4.83. The fourth-order valence-corrected chi connectivity index (χ4v) is 3.01. The first-order chi connectivity index (χ1) is 9.10. The molecule has 3 heteroatoms. The summed E-state index contributed by atoms with van der Waals surface area (Å²) in [4.78, 5) is 2.81. The van der Waals surface area contributed by atoms with E-state index in [-0.39, 0.29) is 0 Å². The SMILES string of the molecule is COc1ccc(C(C)NCc2cc(C)c(C)s2)cc1. The molecule has 0 aliphatic rings. The van der Waals surface area contributed by atoms with Crippen LogP contribution in [0.25, 0.3) is 0 Å². The van der Waals surface area contributed by atoms with Crippen LogP contribution in [0.4, 0.5) is 0 Å². The van der Waals surface area contributed by atoms with Crippen LogP contribution in [-0.4, -0.2) is 7.11 Å². The molecule has 2 nitrogen and oxygen atoms in total. The number of hydrogen-bond acceptors (Lipinski definition) is 3. The van der Waals surface area contributed by atoms with Gasteiger partial charge < -0.3 is 10.1 Å². The lowest BCUT2D eigenvalue weighted by molar-refractivity contribution is 0.414. The molecule has 0 saturated carbocycles. The molecule has 0 spiro atoms. The van der Waals surface area contributed by atoms with E-state index in [0.29, 0.717) is 6.04 Å². The number of aryl methyl sites for hydroxylation is 2. The summed E-state index contributed by atoms with van der Waals surface area (Å²) in [6, 6.07) is 10.9. The summed E-state index contributed by atoms with van der Waals surface area (Å²) in [5, 5.41) is 3.56.